The predicted octanol–water partition coefficient (Wildman–Crippen LogP) is 6.34. The SMILES string of the molecule is CC(C)(C)c1ccc([C@H]2[C@@H]3C(=O)N(c4ccc(Cl)c(Cl)c4)C(=O)[C@@H]3ON2c2ccccc2)cc1. The van der Waals surface area contributed by atoms with E-state index in [1.165, 1.54) is 11.6 Å². The molecular formula is C27H24Cl2N2O3. The molecule has 0 spiro atoms. The summed E-state index contributed by atoms with van der Waals surface area (Å²) in [6, 6.07) is 22.0. The molecular weight excluding hydrogens is 471 g/mol. The molecule has 34 heavy (non-hydrogen) atoms. The lowest BCUT2D eigenvalue weighted by atomic mass is 9.84. The number of rotatable bonds is 3. The van der Waals surface area contributed by atoms with Crippen molar-refractivity contribution in [3.63, 3.8) is 0 Å². The van der Waals surface area contributed by atoms with Crippen LogP contribution in [-0.4, -0.2) is 17.9 Å². The number of para-hydroxylation sites is 1. The Kier molecular flexibility index (Phi) is 5.67. The molecule has 0 saturated carbocycles. The molecule has 3 atom stereocenters. The molecule has 5 rings (SSSR count). The van der Waals surface area contributed by atoms with Gasteiger partial charge in [0.05, 0.1) is 27.5 Å². The Bertz CT molecular complexity index is 1260. The summed E-state index contributed by atoms with van der Waals surface area (Å²) in [7, 11) is 0. The Morgan fingerprint density at radius 1 is 0.794 bits per heavy atom. The van der Waals surface area contributed by atoms with Crippen molar-refractivity contribution in [1.82, 2.24) is 0 Å². The molecule has 2 aliphatic rings. The smallest absolute Gasteiger partial charge is 0.266 e. The minimum Gasteiger partial charge on any atom is -0.273 e. The van der Waals surface area contributed by atoms with Crippen molar-refractivity contribution in [3.05, 3.63) is 94.0 Å². The van der Waals surface area contributed by atoms with Crippen LogP contribution in [0.2, 0.25) is 10.0 Å². The van der Waals surface area contributed by atoms with E-state index in [2.05, 4.69) is 32.9 Å². The number of fused-ring (bicyclic) bond motifs is 1. The van der Waals surface area contributed by atoms with Gasteiger partial charge in [-0.1, -0.05) is 86.4 Å². The summed E-state index contributed by atoms with van der Waals surface area (Å²) in [6.45, 7) is 6.46. The molecule has 2 amide bonds. The highest BCUT2D eigenvalue weighted by molar-refractivity contribution is 6.42. The highest BCUT2D eigenvalue weighted by Crippen LogP contribution is 2.48. The van der Waals surface area contributed by atoms with Crippen LogP contribution in [0.4, 0.5) is 11.4 Å². The highest BCUT2D eigenvalue weighted by Gasteiger charge is 2.60. The van der Waals surface area contributed by atoms with Gasteiger partial charge in [0.25, 0.3) is 5.91 Å². The van der Waals surface area contributed by atoms with E-state index < -0.39 is 24.0 Å². The number of hydroxylamine groups is 1. The maximum absolute atomic E-state index is 13.7. The van der Waals surface area contributed by atoms with E-state index in [1.807, 2.05) is 42.5 Å². The summed E-state index contributed by atoms with van der Waals surface area (Å²) in [6.07, 6.45) is -0.936. The second-order valence-corrected chi connectivity index (χ2v) is 10.5. The van der Waals surface area contributed by atoms with Crippen molar-refractivity contribution in [2.75, 3.05) is 9.96 Å². The van der Waals surface area contributed by atoms with Crippen LogP contribution in [0.3, 0.4) is 0 Å². The normalized spacial score (nSPS) is 22.4. The molecule has 2 saturated heterocycles. The lowest BCUT2D eigenvalue weighted by Gasteiger charge is -2.29. The molecule has 0 aromatic heterocycles. The van der Waals surface area contributed by atoms with Gasteiger partial charge in [-0.15, -0.1) is 0 Å². The van der Waals surface area contributed by atoms with Gasteiger partial charge >= 0.3 is 0 Å². The minimum absolute atomic E-state index is 0.00382. The van der Waals surface area contributed by atoms with E-state index in [1.54, 1.807) is 17.2 Å². The number of halogens is 2. The first-order valence-corrected chi connectivity index (χ1v) is 11.9. The fraction of sp³-hybridized carbons (Fsp3) is 0.259. The number of carbonyl (C=O) groups excluding carboxylic acids is 2. The summed E-state index contributed by atoms with van der Waals surface area (Å²) in [5, 5.41) is 2.33. The number of nitrogens with zero attached hydrogens (tertiary/aromatic N) is 2. The van der Waals surface area contributed by atoms with Crippen LogP contribution in [0.15, 0.2) is 72.8 Å². The summed E-state index contributed by atoms with van der Waals surface area (Å²) in [5.41, 5.74) is 3.25. The van der Waals surface area contributed by atoms with E-state index in [4.69, 9.17) is 28.0 Å². The zero-order valence-electron chi connectivity index (χ0n) is 19.0. The molecule has 0 aliphatic carbocycles. The van der Waals surface area contributed by atoms with Gasteiger partial charge in [-0.05, 0) is 46.9 Å². The third kappa shape index (κ3) is 3.78. The average molecular weight is 495 g/mol. The van der Waals surface area contributed by atoms with Crippen LogP contribution in [-0.2, 0) is 19.8 Å². The van der Waals surface area contributed by atoms with E-state index >= 15 is 0 Å². The van der Waals surface area contributed by atoms with Crippen molar-refractivity contribution in [2.45, 2.75) is 38.3 Å². The lowest BCUT2D eigenvalue weighted by Crippen LogP contribution is -2.37. The number of benzene rings is 3. The molecule has 174 valence electrons. The Morgan fingerprint density at radius 2 is 1.47 bits per heavy atom. The average Bonchev–Trinajstić information content (AvgIpc) is 3.32. The highest BCUT2D eigenvalue weighted by atomic mass is 35.5. The van der Waals surface area contributed by atoms with E-state index in [0.29, 0.717) is 10.7 Å². The number of imide groups is 1. The molecule has 0 radical (unpaired) electrons. The van der Waals surface area contributed by atoms with Gasteiger partial charge < -0.3 is 0 Å². The Balaban J connectivity index is 1.57. The van der Waals surface area contributed by atoms with Crippen LogP contribution in [0.5, 0.6) is 0 Å². The van der Waals surface area contributed by atoms with Gasteiger partial charge in [0, 0.05) is 0 Å². The third-order valence-corrected chi connectivity index (χ3v) is 7.14. The van der Waals surface area contributed by atoms with Crippen molar-refractivity contribution in [1.29, 1.82) is 0 Å². The molecule has 0 N–H and O–H groups in total. The number of anilines is 2. The molecule has 2 aliphatic heterocycles. The summed E-state index contributed by atoms with van der Waals surface area (Å²) < 4.78 is 0. The first-order chi connectivity index (χ1) is 16.2. The van der Waals surface area contributed by atoms with E-state index in [9.17, 15) is 9.59 Å². The fourth-order valence-electron chi connectivity index (χ4n) is 4.61. The Hall–Kier alpha value is -2.86. The predicted molar refractivity (Wildman–Crippen MR) is 134 cm³/mol. The number of hydrogen-bond donors (Lipinski definition) is 0. The fourth-order valence-corrected chi connectivity index (χ4v) is 4.90. The molecule has 2 heterocycles. The largest absolute Gasteiger partial charge is 0.273 e. The maximum atomic E-state index is 13.7. The van der Waals surface area contributed by atoms with Crippen molar-refractivity contribution in [3.8, 4) is 0 Å². The second-order valence-electron chi connectivity index (χ2n) is 9.64. The van der Waals surface area contributed by atoms with Crippen LogP contribution >= 0.6 is 23.2 Å². The molecule has 3 aromatic rings. The minimum atomic E-state index is -0.936. The zero-order valence-corrected chi connectivity index (χ0v) is 20.5. The number of carbonyl (C=O) groups is 2. The van der Waals surface area contributed by atoms with Crippen LogP contribution in [0, 0.1) is 5.92 Å². The summed E-state index contributed by atoms with van der Waals surface area (Å²) >= 11 is 12.2. The van der Waals surface area contributed by atoms with Crippen LogP contribution in [0.25, 0.3) is 0 Å². The van der Waals surface area contributed by atoms with Gasteiger partial charge in [0.2, 0.25) is 5.91 Å². The molecule has 5 nitrogen and oxygen atoms in total. The van der Waals surface area contributed by atoms with Gasteiger partial charge in [0.15, 0.2) is 6.10 Å². The molecule has 3 aromatic carbocycles. The summed E-state index contributed by atoms with van der Waals surface area (Å²) in [5.74, 6) is -1.44. The Labute approximate surface area is 208 Å². The van der Waals surface area contributed by atoms with Gasteiger partial charge in [-0.2, -0.15) is 0 Å². The monoisotopic (exact) mass is 494 g/mol. The first-order valence-electron chi connectivity index (χ1n) is 11.1. The van der Waals surface area contributed by atoms with Crippen molar-refractivity contribution in [2.24, 2.45) is 5.92 Å². The van der Waals surface area contributed by atoms with Crippen molar-refractivity contribution < 1.29 is 14.4 Å². The molecule has 2 fully saturated rings. The Morgan fingerprint density at radius 3 is 2.09 bits per heavy atom. The van der Waals surface area contributed by atoms with Gasteiger partial charge in [-0.3, -0.25) is 14.4 Å². The van der Waals surface area contributed by atoms with Crippen LogP contribution < -0.4 is 9.96 Å². The maximum Gasteiger partial charge on any atom is 0.266 e. The first kappa shape index (κ1) is 22.9. The van der Waals surface area contributed by atoms with Gasteiger partial charge in [-0.25, -0.2) is 9.96 Å². The number of amides is 2. The topological polar surface area (TPSA) is 49.9 Å². The van der Waals surface area contributed by atoms with E-state index in [0.717, 1.165) is 16.2 Å². The van der Waals surface area contributed by atoms with Gasteiger partial charge in [0.1, 0.15) is 5.92 Å². The molecule has 7 heteroatoms. The second kappa shape index (κ2) is 8.42. The quantitative estimate of drug-likeness (QED) is 0.398. The third-order valence-electron chi connectivity index (χ3n) is 6.41. The molecule has 0 unspecified atom stereocenters. The molecule has 0 bridgehead atoms. The lowest BCUT2D eigenvalue weighted by molar-refractivity contribution is -0.126. The van der Waals surface area contributed by atoms with Crippen molar-refractivity contribution >= 4 is 46.4 Å². The zero-order chi connectivity index (χ0) is 24.2. The van der Waals surface area contributed by atoms with Crippen LogP contribution in [0.1, 0.15) is 37.9 Å². The summed E-state index contributed by atoms with van der Waals surface area (Å²) in [4.78, 5) is 34.5. The number of hydrogen-bond acceptors (Lipinski definition) is 4. The van der Waals surface area contributed by atoms with E-state index in [-0.39, 0.29) is 16.3 Å². The standard InChI is InChI=1S/C27H24Cl2N2O3/c1-27(2,3)17-11-9-16(10-12-17)23-22-24(34-31(23)18-7-5-4-6-8-18)26(33)30(25(22)32)19-13-14-20(28)21(29)15-19/h4-15,22-24H,1-3H3/t22-,23-,24+/m0/s1.